The van der Waals surface area contributed by atoms with Crippen molar-refractivity contribution in [2.24, 2.45) is 0 Å². The van der Waals surface area contributed by atoms with Crippen LogP contribution in [-0.4, -0.2) is 28.6 Å². The number of ether oxygens (including phenoxy) is 1. The number of rotatable bonds is 8. The summed E-state index contributed by atoms with van der Waals surface area (Å²) in [5.41, 5.74) is 0.592. The van der Waals surface area contributed by atoms with Crippen LogP contribution < -0.4 is 4.90 Å². The Labute approximate surface area is 149 Å². The minimum atomic E-state index is -1.01. The van der Waals surface area contributed by atoms with Gasteiger partial charge in [-0.15, -0.1) is 0 Å². The molecule has 0 saturated carbocycles. The van der Waals surface area contributed by atoms with Gasteiger partial charge in [0, 0.05) is 19.0 Å². The van der Waals surface area contributed by atoms with E-state index in [-0.39, 0.29) is 37.4 Å². The van der Waals surface area contributed by atoms with Crippen LogP contribution in [0.5, 0.6) is 0 Å². The second kappa shape index (κ2) is 9.16. The number of carboxylic acids is 1. The zero-order valence-electron chi connectivity index (χ0n) is 13.9. The van der Waals surface area contributed by atoms with Crippen LogP contribution in [0.25, 0.3) is 0 Å². The van der Waals surface area contributed by atoms with Crippen LogP contribution in [0.1, 0.15) is 18.4 Å². The fourth-order valence-electron chi connectivity index (χ4n) is 2.34. The molecule has 8 heteroatoms. The van der Waals surface area contributed by atoms with E-state index < -0.39 is 17.0 Å². The lowest BCUT2D eigenvalue weighted by Gasteiger charge is -2.21. The maximum Gasteiger partial charge on any atom is 0.414 e. The van der Waals surface area contributed by atoms with Crippen molar-refractivity contribution in [1.82, 2.24) is 0 Å². The summed E-state index contributed by atoms with van der Waals surface area (Å²) in [6.07, 6.45) is -0.793. The Kier molecular flexibility index (Phi) is 6.67. The standard InChI is InChI=1S/C18H18N2O6/c21-17(22)11-6-12-19(15-9-4-5-10-16(15)20(24)25)18(23)26-13-14-7-2-1-3-8-14/h1-5,7-10H,6,11-13H2,(H,21,22). The third kappa shape index (κ3) is 5.30. The van der Waals surface area contributed by atoms with Crippen LogP contribution in [0.4, 0.5) is 16.2 Å². The molecule has 0 radical (unpaired) electrons. The molecule has 0 heterocycles. The lowest BCUT2D eigenvalue weighted by atomic mass is 10.2. The highest BCUT2D eigenvalue weighted by atomic mass is 16.6. The van der Waals surface area contributed by atoms with Gasteiger partial charge >= 0.3 is 12.1 Å². The molecular weight excluding hydrogens is 340 g/mol. The summed E-state index contributed by atoms with van der Waals surface area (Å²) in [6, 6.07) is 14.8. The predicted molar refractivity (Wildman–Crippen MR) is 93.9 cm³/mol. The van der Waals surface area contributed by atoms with Gasteiger partial charge in [0.1, 0.15) is 12.3 Å². The molecule has 2 aromatic rings. The first-order valence-electron chi connectivity index (χ1n) is 7.92. The molecule has 0 spiro atoms. The Morgan fingerprint density at radius 1 is 1.08 bits per heavy atom. The van der Waals surface area contributed by atoms with E-state index in [1.807, 2.05) is 6.07 Å². The number of aliphatic carboxylic acids is 1. The van der Waals surface area contributed by atoms with Crippen molar-refractivity contribution in [2.75, 3.05) is 11.4 Å². The number of carbonyl (C=O) groups excluding carboxylic acids is 1. The molecule has 0 aliphatic heterocycles. The molecule has 0 atom stereocenters. The summed E-state index contributed by atoms with van der Waals surface area (Å²) in [4.78, 5) is 35.0. The minimum absolute atomic E-state index is 0.00915. The lowest BCUT2D eigenvalue weighted by Crippen LogP contribution is -2.33. The third-order valence-corrected chi connectivity index (χ3v) is 3.57. The van der Waals surface area contributed by atoms with Crippen molar-refractivity contribution >= 4 is 23.4 Å². The van der Waals surface area contributed by atoms with Gasteiger partial charge in [0.15, 0.2) is 0 Å². The van der Waals surface area contributed by atoms with E-state index in [4.69, 9.17) is 9.84 Å². The average molecular weight is 358 g/mol. The molecule has 2 rings (SSSR count). The molecule has 0 aliphatic carbocycles. The number of anilines is 1. The zero-order valence-corrected chi connectivity index (χ0v) is 13.9. The number of benzene rings is 2. The molecule has 26 heavy (non-hydrogen) atoms. The van der Waals surface area contributed by atoms with Gasteiger partial charge in [0.05, 0.1) is 4.92 Å². The van der Waals surface area contributed by atoms with E-state index in [9.17, 15) is 19.7 Å². The number of amides is 1. The normalized spacial score (nSPS) is 10.2. The maximum atomic E-state index is 12.5. The summed E-state index contributed by atoms with van der Waals surface area (Å²) in [7, 11) is 0. The van der Waals surface area contributed by atoms with E-state index in [0.29, 0.717) is 0 Å². The van der Waals surface area contributed by atoms with Gasteiger partial charge in [-0.1, -0.05) is 42.5 Å². The minimum Gasteiger partial charge on any atom is -0.481 e. The Hall–Kier alpha value is -3.42. The molecule has 0 saturated heterocycles. The summed E-state index contributed by atoms with van der Waals surface area (Å²) in [5, 5.41) is 20.0. The van der Waals surface area contributed by atoms with E-state index in [0.717, 1.165) is 10.5 Å². The van der Waals surface area contributed by atoms with Gasteiger partial charge in [-0.2, -0.15) is 0 Å². The predicted octanol–water partition coefficient (Wildman–Crippen LogP) is 3.60. The molecule has 0 unspecified atom stereocenters. The van der Waals surface area contributed by atoms with Crippen LogP contribution in [0.15, 0.2) is 54.6 Å². The second-order valence-corrected chi connectivity index (χ2v) is 5.43. The molecule has 8 nitrogen and oxygen atoms in total. The summed E-state index contributed by atoms with van der Waals surface area (Å²) < 4.78 is 5.25. The van der Waals surface area contributed by atoms with Crippen LogP contribution in [0, 0.1) is 10.1 Å². The number of nitro benzene ring substituents is 1. The van der Waals surface area contributed by atoms with E-state index in [1.165, 1.54) is 18.2 Å². The van der Waals surface area contributed by atoms with Crippen molar-refractivity contribution in [2.45, 2.75) is 19.4 Å². The highest BCUT2D eigenvalue weighted by Crippen LogP contribution is 2.28. The van der Waals surface area contributed by atoms with Crippen molar-refractivity contribution < 1.29 is 24.4 Å². The molecule has 0 fully saturated rings. The first-order valence-corrected chi connectivity index (χ1v) is 7.92. The lowest BCUT2D eigenvalue weighted by molar-refractivity contribution is -0.384. The maximum absolute atomic E-state index is 12.5. The first kappa shape index (κ1) is 18.9. The number of para-hydroxylation sites is 2. The number of carbonyl (C=O) groups is 2. The number of carboxylic acid groups (broad SMARTS) is 1. The monoisotopic (exact) mass is 358 g/mol. The molecule has 0 aliphatic rings. The van der Waals surface area contributed by atoms with E-state index in [2.05, 4.69) is 0 Å². The van der Waals surface area contributed by atoms with Crippen molar-refractivity contribution in [1.29, 1.82) is 0 Å². The topological polar surface area (TPSA) is 110 Å². The highest BCUT2D eigenvalue weighted by Gasteiger charge is 2.25. The fraction of sp³-hybridized carbons (Fsp3) is 0.222. The number of hydrogen-bond acceptors (Lipinski definition) is 5. The summed E-state index contributed by atoms with van der Waals surface area (Å²) >= 11 is 0. The summed E-state index contributed by atoms with van der Waals surface area (Å²) in [5.74, 6) is -1.01. The molecule has 0 bridgehead atoms. The van der Waals surface area contributed by atoms with Gasteiger partial charge in [-0.25, -0.2) is 4.79 Å². The van der Waals surface area contributed by atoms with Crippen LogP contribution in [0.2, 0.25) is 0 Å². The molecule has 2 aromatic carbocycles. The Bertz CT molecular complexity index is 778. The fourth-order valence-corrected chi connectivity index (χ4v) is 2.34. The number of hydrogen-bond donors (Lipinski definition) is 1. The van der Waals surface area contributed by atoms with Crippen LogP contribution >= 0.6 is 0 Å². The van der Waals surface area contributed by atoms with Gasteiger partial charge in [-0.3, -0.25) is 19.8 Å². The SMILES string of the molecule is O=C(O)CCCN(C(=O)OCc1ccccc1)c1ccccc1[N+](=O)[O-]. The van der Waals surface area contributed by atoms with E-state index >= 15 is 0 Å². The first-order chi connectivity index (χ1) is 12.5. The van der Waals surface area contributed by atoms with Crippen molar-refractivity contribution in [3.8, 4) is 0 Å². The quantitative estimate of drug-likeness (QED) is 0.570. The van der Waals surface area contributed by atoms with Gasteiger partial charge < -0.3 is 9.84 Å². The zero-order chi connectivity index (χ0) is 18.9. The smallest absolute Gasteiger partial charge is 0.414 e. The molecule has 1 N–H and O–H groups in total. The third-order valence-electron chi connectivity index (χ3n) is 3.57. The largest absolute Gasteiger partial charge is 0.481 e. The Balaban J connectivity index is 2.18. The average Bonchev–Trinajstić information content (AvgIpc) is 2.64. The molecular formula is C18H18N2O6. The highest BCUT2D eigenvalue weighted by molar-refractivity contribution is 5.90. The molecule has 0 aromatic heterocycles. The van der Waals surface area contributed by atoms with Gasteiger partial charge in [0.2, 0.25) is 0 Å². The number of nitrogens with zero attached hydrogens (tertiary/aromatic N) is 2. The number of nitro groups is 1. The van der Waals surface area contributed by atoms with E-state index in [1.54, 1.807) is 30.3 Å². The molecule has 136 valence electrons. The van der Waals surface area contributed by atoms with Gasteiger partial charge in [0.25, 0.3) is 5.69 Å². The Morgan fingerprint density at radius 3 is 2.38 bits per heavy atom. The van der Waals surface area contributed by atoms with Crippen LogP contribution in [-0.2, 0) is 16.1 Å². The van der Waals surface area contributed by atoms with Crippen molar-refractivity contribution in [3.63, 3.8) is 0 Å². The van der Waals surface area contributed by atoms with Gasteiger partial charge in [-0.05, 0) is 18.1 Å². The van der Waals surface area contributed by atoms with Crippen LogP contribution in [0.3, 0.4) is 0 Å². The van der Waals surface area contributed by atoms with Crippen molar-refractivity contribution in [3.05, 3.63) is 70.3 Å². The summed E-state index contributed by atoms with van der Waals surface area (Å²) in [6.45, 7) is 0.000507. The Morgan fingerprint density at radius 2 is 1.73 bits per heavy atom. The molecule has 1 amide bonds. The second-order valence-electron chi connectivity index (χ2n) is 5.43.